The van der Waals surface area contributed by atoms with Crippen molar-refractivity contribution in [2.24, 2.45) is 11.7 Å². The zero-order valence-electron chi connectivity index (χ0n) is 10.6. The fraction of sp³-hybridized carbons (Fsp3) is 0.500. The summed E-state index contributed by atoms with van der Waals surface area (Å²) in [5, 5.41) is 0.770. The molecule has 98 valence electrons. The van der Waals surface area contributed by atoms with E-state index >= 15 is 0 Å². The zero-order chi connectivity index (χ0) is 13.1. The number of hydrogen-bond acceptors (Lipinski definition) is 2. The molecule has 2 rings (SSSR count). The maximum atomic E-state index is 11.5. The van der Waals surface area contributed by atoms with Gasteiger partial charge >= 0.3 is 0 Å². The fourth-order valence-corrected chi connectivity index (χ4v) is 2.97. The Morgan fingerprint density at radius 3 is 2.83 bits per heavy atom. The first-order valence-electron chi connectivity index (χ1n) is 6.33. The molecule has 1 saturated heterocycles. The highest BCUT2D eigenvalue weighted by atomic mass is 35.5. The normalized spacial score (nSPS) is 24.1. The van der Waals surface area contributed by atoms with Crippen LogP contribution < -0.4 is 5.73 Å². The number of benzene rings is 1. The molecule has 0 saturated carbocycles. The van der Waals surface area contributed by atoms with Gasteiger partial charge in [-0.1, -0.05) is 29.8 Å². The van der Waals surface area contributed by atoms with E-state index in [0.29, 0.717) is 12.5 Å². The molecule has 2 unspecified atom stereocenters. The predicted octanol–water partition coefficient (Wildman–Crippen LogP) is 2.25. The Morgan fingerprint density at radius 2 is 2.22 bits per heavy atom. The minimum atomic E-state index is 0.127. The van der Waals surface area contributed by atoms with E-state index in [4.69, 9.17) is 17.3 Å². The summed E-state index contributed by atoms with van der Waals surface area (Å²) in [6.07, 6.45) is 0.950. The van der Waals surface area contributed by atoms with Crippen molar-refractivity contribution in [1.82, 2.24) is 4.90 Å². The summed E-state index contributed by atoms with van der Waals surface area (Å²) in [4.78, 5) is 13.4. The van der Waals surface area contributed by atoms with Crippen LogP contribution in [0.3, 0.4) is 0 Å². The van der Waals surface area contributed by atoms with Crippen molar-refractivity contribution in [3.63, 3.8) is 0 Å². The molecule has 0 bridgehead atoms. The van der Waals surface area contributed by atoms with E-state index in [-0.39, 0.29) is 11.8 Å². The monoisotopic (exact) mass is 266 g/mol. The lowest BCUT2D eigenvalue weighted by Crippen LogP contribution is -2.43. The molecule has 1 aliphatic heterocycles. The molecule has 3 nitrogen and oxygen atoms in total. The molecule has 0 radical (unpaired) electrons. The molecule has 0 aliphatic carbocycles. The van der Waals surface area contributed by atoms with Gasteiger partial charge < -0.3 is 10.6 Å². The smallest absolute Gasteiger partial charge is 0.219 e. The lowest BCUT2D eigenvalue weighted by atomic mass is 9.80. The molecule has 1 aromatic carbocycles. The number of halogens is 1. The van der Waals surface area contributed by atoms with Gasteiger partial charge in [-0.05, 0) is 30.5 Å². The first kappa shape index (κ1) is 13.4. The molecule has 4 heteroatoms. The Hall–Kier alpha value is -1.06. The van der Waals surface area contributed by atoms with E-state index < -0.39 is 0 Å². The van der Waals surface area contributed by atoms with E-state index in [1.165, 1.54) is 0 Å². The van der Waals surface area contributed by atoms with E-state index in [9.17, 15) is 4.79 Å². The average Bonchev–Trinajstić information content (AvgIpc) is 2.38. The first-order chi connectivity index (χ1) is 8.63. The summed E-state index contributed by atoms with van der Waals surface area (Å²) in [6.45, 7) is 3.78. The van der Waals surface area contributed by atoms with Gasteiger partial charge in [-0.25, -0.2) is 0 Å². The van der Waals surface area contributed by atoms with Crippen LogP contribution in [0.15, 0.2) is 24.3 Å². The van der Waals surface area contributed by atoms with Gasteiger partial charge in [-0.2, -0.15) is 0 Å². The maximum absolute atomic E-state index is 11.5. The van der Waals surface area contributed by atoms with Gasteiger partial charge in [0.15, 0.2) is 0 Å². The molecular weight excluding hydrogens is 248 g/mol. The van der Waals surface area contributed by atoms with Gasteiger partial charge in [0.2, 0.25) is 5.91 Å². The van der Waals surface area contributed by atoms with Gasteiger partial charge in [0, 0.05) is 31.0 Å². The second-order valence-electron chi connectivity index (χ2n) is 4.88. The third-order valence-corrected chi connectivity index (χ3v) is 4.15. The van der Waals surface area contributed by atoms with Crippen LogP contribution in [0.5, 0.6) is 0 Å². The molecule has 1 fully saturated rings. The van der Waals surface area contributed by atoms with Gasteiger partial charge in [-0.3, -0.25) is 4.79 Å². The molecule has 1 heterocycles. The summed E-state index contributed by atoms with van der Waals surface area (Å²) in [5.41, 5.74) is 6.97. The number of nitrogens with zero attached hydrogens (tertiary/aromatic N) is 1. The summed E-state index contributed by atoms with van der Waals surface area (Å²) in [7, 11) is 0. The summed E-state index contributed by atoms with van der Waals surface area (Å²) in [6, 6.07) is 7.85. The second-order valence-corrected chi connectivity index (χ2v) is 5.28. The minimum absolute atomic E-state index is 0.127. The van der Waals surface area contributed by atoms with Gasteiger partial charge in [0.1, 0.15) is 0 Å². The molecule has 1 aliphatic rings. The molecule has 2 atom stereocenters. The molecule has 1 aromatic rings. The average molecular weight is 267 g/mol. The van der Waals surface area contributed by atoms with E-state index in [1.807, 2.05) is 29.2 Å². The largest absolute Gasteiger partial charge is 0.342 e. The van der Waals surface area contributed by atoms with Gasteiger partial charge in [0.25, 0.3) is 0 Å². The van der Waals surface area contributed by atoms with Crippen LogP contribution in [0, 0.1) is 5.92 Å². The highest BCUT2D eigenvalue weighted by molar-refractivity contribution is 6.31. The third kappa shape index (κ3) is 2.68. The minimum Gasteiger partial charge on any atom is -0.342 e. The molecule has 0 aromatic heterocycles. The van der Waals surface area contributed by atoms with E-state index in [2.05, 4.69) is 0 Å². The van der Waals surface area contributed by atoms with Crippen LogP contribution in [0.25, 0.3) is 0 Å². The Morgan fingerprint density at radius 1 is 1.50 bits per heavy atom. The predicted molar refractivity (Wildman–Crippen MR) is 73.6 cm³/mol. The standard InChI is InChI=1S/C14H19ClN2O/c1-10(18)17-7-6-11(8-16)13(9-17)12-4-2-3-5-14(12)15/h2-5,11,13H,6-9,16H2,1H3. The van der Waals surface area contributed by atoms with Crippen LogP contribution >= 0.6 is 11.6 Å². The van der Waals surface area contributed by atoms with Crippen molar-refractivity contribution in [3.05, 3.63) is 34.9 Å². The maximum Gasteiger partial charge on any atom is 0.219 e. The number of rotatable bonds is 2. The van der Waals surface area contributed by atoms with Crippen LogP contribution in [0.2, 0.25) is 5.02 Å². The molecule has 1 amide bonds. The number of piperidine rings is 1. The van der Waals surface area contributed by atoms with Crippen LogP contribution in [0.1, 0.15) is 24.8 Å². The molecule has 2 N–H and O–H groups in total. The van der Waals surface area contributed by atoms with Crippen LogP contribution in [0.4, 0.5) is 0 Å². The summed E-state index contributed by atoms with van der Waals surface area (Å²) >= 11 is 6.26. The van der Waals surface area contributed by atoms with Crippen molar-refractivity contribution in [1.29, 1.82) is 0 Å². The van der Waals surface area contributed by atoms with Crippen LogP contribution in [-0.2, 0) is 4.79 Å². The SMILES string of the molecule is CC(=O)N1CCC(CN)C(c2ccccc2Cl)C1. The summed E-state index contributed by atoms with van der Waals surface area (Å²) in [5.74, 6) is 0.782. The van der Waals surface area contributed by atoms with Crippen molar-refractivity contribution in [2.45, 2.75) is 19.3 Å². The fourth-order valence-electron chi connectivity index (χ4n) is 2.70. The number of nitrogens with two attached hydrogens (primary N) is 1. The molecular formula is C14H19ClN2O. The highest BCUT2D eigenvalue weighted by Gasteiger charge is 2.31. The number of hydrogen-bond donors (Lipinski definition) is 1. The van der Waals surface area contributed by atoms with Crippen molar-refractivity contribution in [2.75, 3.05) is 19.6 Å². The highest BCUT2D eigenvalue weighted by Crippen LogP contribution is 2.35. The Balaban J connectivity index is 2.26. The van der Waals surface area contributed by atoms with Crippen molar-refractivity contribution < 1.29 is 4.79 Å². The Labute approximate surface area is 113 Å². The second kappa shape index (κ2) is 5.72. The Bertz CT molecular complexity index is 436. The van der Waals surface area contributed by atoms with Gasteiger partial charge in [-0.15, -0.1) is 0 Å². The lowest BCUT2D eigenvalue weighted by molar-refractivity contribution is -0.130. The number of likely N-dealkylation sites (tertiary alicyclic amines) is 1. The van der Waals surface area contributed by atoms with Gasteiger partial charge in [0.05, 0.1) is 0 Å². The van der Waals surface area contributed by atoms with Crippen molar-refractivity contribution >= 4 is 17.5 Å². The first-order valence-corrected chi connectivity index (χ1v) is 6.71. The number of amides is 1. The number of carbonyl (C=O) groups excluding carboxylic acids is 1. The molecule has 18 heavy (non-hydrogen) atoms. The Kier molecular flexibility index (Phi) is 4.25. The number of carbonyl (C=O) groups is 1. The third-order valence-electron chi connectivity index (χ3n) is 3.81. The zero-order valence-corrected chi connectivity index (χ0v) is 11.4. The quantitative estimate of drug-likeness (QED) is 0.892. The lowest BCUT2D eigenvalue weighted by Gasteiger charge is -2.38. The van der Waals surface area contributed by atoms with Crippen molar-refractivity contribution in [3.8, 4) is 0 Å². The van der Waals surface area contributed by atoms with Crippen LogP contribution in [-0.4, -0.2) is 30.4 Å². The molecule has 0 spiro atoms. The van der Waals surface area contributed by atoms with E-state index in [1.54, 1.807) is 6.92 Å². The summed E-state index contributed by atoms with van der Waals surface area (Å²) < 4.78 is 0. The van der Waals surface area contributed by atoms with E-state index in [0.717, 1.165) is 30.1 Å². The topological polar surface area (TPSA) is 46.3 Å².